The predicted molar refractivity (Wildman–Crippen MR) is 74.3 cm³/mol. The molecule has 0 radical (unpaired) electrons. The third-order valence-electron chi connectivity index (χ3n) is 4.15. The van der Waals surface area contributed by atoms with E-state index in [1.165, 1.54) is 31.4 Å². The van der Waals surface area contributed by atoms with Gasteiger partial charge in [-0.15, -0.1) is 0 Å². The number of aromatic nitrogens is 2. The molecule has 0 aliphatic heterocycles. The number of hydrogen-bond donors (Lipinski definition) is 1. The highest BCUT2D eigenvalue weighted by molar-refractivity contribution is 5.11. The van der Waals surface area contributed by atoms with Gasteiger partial charge in [-0.2, -0.15) is 5.10 Å². The second-order valence-corrected chi connectivity index (χ2v) is 5.27. The minimum atomic E-state index is 0.330. The zero-order chi connectivity index (χ0) is 13.0. The van der Waals surface area contributed by atoms with Crippen molar-refractivity contribution in [3.8, 4) is 0 Å². The van der Waals surface area contributed by atoms with Crippen LogP contribution in [0.25, 0.3) is 0 Å². The molecule has 0 saturated heterocycles. The number of hydrogen-bond acceptors (Lipinski definition) is 3. The summed E-state index contributed by atoms with van der Waals surface area (Å²) in [5, 5.41) is 4.37. The van der Waals surface area contributed by atoms with E-state index in [0.717, 1.165) is 19.0 Å². The Morgan fingerprint density at radius 1 is 1.50 bits per heavy atom. The molecule has 1 unspecified atom stereocenters. The first-order valence-corrected chi connectivity index (χ1v) is 7.24. The molecular formula is C14H26N4. The second kappa shape index (κ2) is 6.34. The Labute approximate surface area is 110 Å². The van der Waals surface area contributed by atoms with E-state index in [2.05, 4.69) is 30.0 Å². The molecule has 0 amide bonds. The Morgan fingerprint density at radius 2 is 2.28 bits per heavy atom. The molecule has 1 aliphatic rings. The smallest absolute Gasteiger partial charge is 0.0538 e. The number of likely N-dealkylation sites (N-methyl/N-ethyl adjacent to an activating group) is 1. The Balaban J connectivity index is 2.03. The minimum Gasteiger partial charge on any atom is -0.329 e. The normalized spacial score (nSPS) is 18.0. The van der Waals surface area contributed by atoms with Crippen LogP contribution in [-0.4, -0.2) is 34.3 Å². The summed E-state index contributed by atoms with van der Waals surface area (Å²) >= 11 is 0. The highest BCUT2D eigenvalue weighted by Gasteiger charge is 2.25. The Hall–Kier alpha value is -0.870. The lowest BCUT2D eigenvalue weighted by atomic mass is 9.84. The van der Waals surface area contributed by atoms with Crippen molar-refractivity contribution in [3.05, 3.63) is 18.0 Å². The van der Waals surface area contributed by atoms with E-state index in [-0.39, 0.29) is 0 Å². The van der Waals surface area contributed by atoms with Gasteiger partial charge in [-0.05, 0) is 32.2 Å². The van der Waals surface area contributed by atoms with Crippen LogP contribution in [0.2, 0.25) is 0 Å². The van der Waals surface area contributed by atoms with Crippen molar-refractivity contribution < 1.29 is 0 Å². The van der Waals surface area contributed by atoms with Gasteiger partial charge in [0.15, 0.2) is 0 Å². The summed E-state index contributed by atoms with van der Waals surface area (Å²) in [4.78, 5) is 2.51. The monoisotopic (exact) mass is 250 g/mol. The fourth-order valence-electron chi connectivity index (χ4n) is 2.70. The molecule has 4 nitrogen and oxygen atoms in total. The molecule has 0 spiro atoms. The third kappa shape index (κ3) is 2.93. The Bertz CT molecular complexity index is 356. The quantitative estimate of drug-likeness (QED) is 0.805. The third-order valence-corrected chi connectivity index (χ3v) is 4.15. The van der Waals surface area contributed by atoms with Crippen LogP contribution in [0.3, 0.4) is 0 Å². The van der Waals surface area contributed by atoms with Gasteiger partial charge in [0.2, 0.25) is 0 Å². The summed E-state index contributed by atoms with van der Waals surface area (Å²) in [6.07, 6.45) is 8.30. The summed E-state index contributed by atoms with van der Waals surface area (Å²) in [6.45, 7) is 8.19. The van der Waals surface area contributed by atoms with Crippen LogP contribution >= 0.6 is 0 Å². The zero-order valence-corrected chi connectivity index (χ0v) is 11.7. The first kappa shape index (κ1) is 13.6. The van der Waals surface area contributed by atoms with Gasteiger partial charge in [0.05, 0.1) is 12.2 Å². The van der Waals surface area contributed by atoms with Crippen molar-refractivity contribution in [2.24, 2.45) is 11.7 Å². The van der Waals surface area contributed by atoms with Crippen LogP contribution in [0.4, 0.5) is 0 Å². The maximum Gasteiger partial charge on any atom is 0.0538 e. The van der Waals surface area contributed by atoms with Crippen LogP contribution in [0.1, 0.15) is 44.7 Å². The first-order chi connectivity index (χ1) is 8.78. The maximum absolute atomic E-state index is 5.99. The van der Waals surface area contributed by atoms with Crippen LogP contribution in [0.15, 0.2) is 12.4 Å². The largest absolute Gasteiger partial charge is 0.329 e. The van der Waals surface area contributed by atoms with Gasteiger partial charge in [-0.1, -0.05) is 13.3 Å². The SMILES string of the molecule is CCN(CC1CCC1)C(CN)c1cnn(CC)c1. The van der Waals surface area contributed by atoms with Gasteiger partial charge >= 0.3 is 0 Å². The highest BCUT2D eigenvalue weighted by Crippen LogP contribution is 2.30. The molecule has 1 heterocycles. The van der Waals surface area contributed by atoms with Gasteiger partial charge in [-0.25, -0.2) is 0 Å². The summed E-state index contributed by atoms with van der Waals surface area (Å²) < 4.78 is 1.98. The van der Waals surface area contributed by atoms with Gasteiger partial charge in [0, 0.05) is 31.4 Å². The van der Waals surface area contributed by atoms with E-state index >= 15 is 0 Å². The fourth-order valence-corrected chi connectivity index (χ4v) is 2.70. The maximum atomic E-state index is 5.99. The molecule has 2 N–H and O–H groups in total. The Kier molecular flexibility index (Phi) is 4.78. The molecule has 0 aromatic carbocycles. The lowest BCUT2D eigenvalue weighted by molar-refractivity contribution is 0.141. The van der Waals surface area contributed by atoms with Crippen molar-refractivity contribution in [2.45, 2.75) is 45.7 Å². The molecule has 0 bridgehead atoms. The standard InChI is InChI=1S/C14H26N4/c1-3-17(10-12-6-5-7-12)14(8-15)13-9-16-18(4-2)11-13/h9,11-12,14H,3-8,10,15H2,1-2H3. The molecule has 1 atom stereocenters. The average molecular weight is 250 g/mol. The van der Waals surface area contributed by atoms with E-state index in [0.29, 0.717) is 12.6 Å². The number of aryl methyl sites for hydroxylation is 1. The summed E-state index contributed by atoms with van der Waals surface area (Å²) in [6, 6.07) is 0.330. The topological polar surface area (TPSA) is 47.1 Å². The molecule has 102 valence electrons. The van der Waals surface area contributed by atoms with Gasteiger partial charge < -0.3 is 5.73 Å². The predicted octanol–water partition coefficient (Wildman–Crippen LogP) is 2.02. The molecule has 1 aliphatic carbocycles. The van der Waals surface area contributed by atoms with Crippen molar-refractivity contribution in [3.63, 3.8) is 0 Å². The van der Waals surface area contributed by atoms with E-state index < -0.39 is 0 Å². The minimum absolute atomic E-state index is 0.330. The first-order valence-electron chi connectivity index (χ1n) is 7.24. The zero-order valence-electron chi connectivity index (χ0n) is 11.7. The molecule has 18 heavy (non-hydrogen) atoms. The van der Waals surface area contributed by atoms with E-state index in [1.807, 2.05) is 10.9 Å². The number of nitrogens with two attached hydrogens (primary N) is 1. The van der Waals surface area contributed by atoms with Gasteiger partial charge in [0.25, 0.3) is 0 Å². The van der Waals surface area contributed by atoms with Crippen molar-refractivity contribution in [1.29, 1.82) is 0 Å². The summed E-state index contributed by atoms with van der Waals surface area (Å²) in [5.41, 5.74) is 7.25. The summed E-state index contributed by atoms with van der Waals surface area (Å²) in [7, 11) is 0. The van der Waals surface area contributed by atoms with Crippen LogP contribution in [0, 0.1) is 5.92 Å². The molecule has 2 rings (SSSR count). The highest BCUT2D eigenvalue weighted by atomic mass is 15.3. The molecular weight excluding hydrogens is 224 g/mol. The van der Waals surface area contributed by atoms with Crippen LogP contribution in [0.5, 0.6) is 0 Å². The fraction of sp³-hybridized carbons (Fsp3) is 0.786. The number of nitrogens with zero attached hydrogens (tertiary/aromatic N) is 3. The van der Waals surface area contributed by atoms with Crippen LogP contribution in [-0.2, 0) is 6.54 Å². The number of rotatable bonds is 7. The molecule has 1 aromatic heterocycles. The Morgan fingerprint density at radius 3 is 2.72 bits per heavy atom. The second-order valence-electron chi connectivity index (χ2n) is 5.27. The molecule has 1 saturated carbocycles. The van der Waals surface area contributed by atoms with E-state index in [4.69, 9.17) is 5.73 Å². The molecule has 4 heteroatoms. The summed E-state index contributed by atoms with van der Waals surface area (Å²) in [5.74, 6) is 0.889. The molecule has 1 fully saturated rings. The van der Waals surface area contributed by atoms with E-state index in [1.54, 1.807) is 0 Å². The average Bonchev–Trinajstić information content (AvgIpc) is 2.80. The van der Waals surface area contributed by atoms with Gasteiger partial charge in [-0.3, -0.25) is 9.58 Å². The van der Waals surface area contributed by atoms with Crippen molar-refractivity contribution in [1.82, 2.24) is 14.7 Å². The van der Waals surface area contributed by atoms with Gasteiger partial charge in [0.1, 0.15) is 0 Å². The van der Waals surface area contributed by atoms with Crippen LogP contribution < -0.4 is 5.73 Å². The lowest BCUT2D eigenvalue weighted by Crippen LogP contribution is -2.38. The van der Waals surface area contributed by atoms with E-state index in [9.17, 15) is 0 Å². The molecule has 1 aromatic rings. The van der Waals surface area contributed by atoms with Crippen molar-refractivity contribution >= 4 is 0 Å². The van der Waals surface area contributed by atoms with Crippen molar-refractivity contribution in [2.75, 3.05) is 19.6 Å². The lowest BCUT2D eigenvalue weighted by Gasteiger charge is -2.36.